The number of thiophene rings is 1. The van der Waals surface area contributed by atoms with Crippen molar-refractivity contribution in [3.63, 3.8) is 0 Å². The number of aliphatic carboxylic acids is 4. The third-order valence-corrected chi connectivity index (χ3v) is 21.1. The molecule has 0 saturated heterocycles. The molecule has 0 radical (unpaired) electrons. The van der Waals surface area contributed by atoms with Crippen LogP contribution in [0.25, 0.3) is 10.8 Å². The number of carbonyl (C=O) groups is 5. The first-order valence-corrected chi connectivity index (χ1v) is 41.5. The maximum absolute atomic E-state index is 13.0. The molecule has 0 aliphatic heterocycles. The molecule has 119 heavy (non-hydrogen) atoms. The van der Waals surface area contributed by atoms with E-state index in [2.05, 4.69) is 32.5 Å². The first kappa shape index (κ1) is 93.3. The smallest absolute Gasteiger partial charge is 0.348 e. The second kappa shape index (κ2) is 46.8. The number of nitrogens with one attached hydrogen (secondary N) is 2. The van der Waals surface area contributed by atoms with E-state index in [1.807, 2.05) is 141 Å². The largest absolute Gasteiger partial charge is 0.496 e. The first-order valence-electron chi connectivity index (χ1n) is 39.4. The number of nitrogens with zero attached hydrogens (tertiary/aromatic N) is 3. The van der Waals surface area contributed by atoms with Crippen LogP contribution in [-0.4, -0.2) is 99.2 Å². The van der Waals surface area contributed by atoms with Crippen LogP contribution in [0.2, 0.25) is 5.02 Å². The summed E-state index contributed by atoms with van der Waals surface area (Å²) >= 11 is 18.8. The number of methoxy groups -OCH3 is 1. The number of para-hydroxylation sites is 1. The van der Waals surface area contributed by atoms with Crippen LogP contribution in [-0.2, 0) is 70.8 Å². The summed E-state index contributed by atoms with van der Waals surface area (Å²) in [4.78, 5) is 78.5. The van der Waals surface area contributed by atoms with E-state index in [1.165, 1.54) is 81.0 Å². The van der Waals surface area contributed by atoms with E-state index in [0.717, 1.165) is 87.7 Å². The second-order valence-electron chi connectivity index (χ2n) is 29.3. The summed E-state index contributed by atoms with van der Waals surface area (Å²) in [6, 6.07) is 61.9. The highest BCUT2D eigenvalue weighted by atomic mass is 35.5. The van der Waals surface area contributed by atoms with Crippen LogP contribution in [0.15, 0.2) is 221 Å². The van der Waals surface area contributed by atoms with Gasteiger partial charge in [-0.2, -0.15) is 5.10 Å². The molecule has 11 rings (SSSR count). The summed E-state index contributed by atoms with van der Waals surface area (Å²) in [5.41, 5.74) is 5.52. The van der Waals surface area contributed by atoms with Gasteiger partial charge in [-0.15, -0.1) is 11.3 Å². The van der Waals surface area contributed by atoms with Gasteiger partial charge in [-0.1, -0.05) is 189 Å². The van der Waals surface area contributed by atoms with Gasteiger partial charge in [0.1, 0.15) is 51.9 Å². The van der Waals surface area contributed by atoms with E-state index < -0.39 is 45.3 Å². The number of H-pyrrole nitrogens is 1. The molecule has 8 aromatic carbocycles. The highest BCUT2D eigenvalue weighted by Crippen LogP contribution is 2.32. The monoisotopic (exact) mass is 1700 g/mol. The van der Waals surface area contributed by atoms with Crippen LogP contribution >= 0.6 is 46.1 Å². The molecule has 2 atom stereocenters. The summed E-state index contributed by atoms with van der Waals surface area (Å²) in [6.07, 6.45) is 14.4. The maximum atomic E-state index is 13.0. The number of aryl methyl sites for hydroxylation is 5. The molecular weight excluding hydrogens is 1600 g/mol. The van der Waals surface area contributed by atoms with Crippen LogP contribution in [0, 0.1) is 25.6 Å². The van der Waals surface area contributed by atoms with Gasteiger partial charge in [0, 0.05) is 30.8 Å². The van der Waals surface area contributed by atoms with E-state index in [9.17, 15) is 43.4 Å². The number of aromatic nitrogens is 4. The number of hydrogen-bond acceptors (Lipinski definition) is 15. The van der Waals surface area contributed by atoms with Crippen molar-refractivity contribution in [2.24, 2.45) is 5.92 Å². The van der Waals surface area contributed by atoms with E-state index >= 15 is 0 Å². The Morgan fingerprint density at radius 2 is 1.17 bits per heavy atom. The van der Waals surface area contributed by atoms with Crippen molar-refractivity contribution in [3.05, 3.63) is 295 Å². The highest BCUT2D eigenvalue weighted by Gasteiger charge is 2.37. The maximum Gasteiger partial charge on any atom is 0.348 e. The van der Waals surface area contributed by atoms with Gasteiger partial charge in [0.2, 0.25) is 15.8 Å². The summed E-state index contributed by atoms with van der Waals surface area (Å²) in [6.45, 7) is 11.6. The lowest BCUT2D eigenvalue weighted by Gasteiger charge is -2.26. The van der Waals surface area contributed by atoms with Crippen LogP contribution in [0.3, 0.4) is 0 Å². The molecule has 11 aromatic rings. The lowest BCUT2D eigenvalue weighted by Crippen LogP contribution is -2.43. The van der Waals surface area contributed by atoms with Crippen LogP contribution in [0.4, 0.5) is 4.39 Å². The van der Waals surface area contributed by atoms with Crippen LogP contribution in [0.5, 0.6) is 34.5 Å². The van der Waals surface area contributed by atoms with Crippen molar-refractivity contribution in [1.29, 1.82) is 0 Å². The van der Waals surface area contributed by atoms with E-state index in [-0.39, 0.29) is 30.4 Å². The van der Waals surface area contributed by atoms with Crippen molar-refractivity contribution in [1.82, 2.24) is 25.1 Å². The van der Waals surface area contributed by atoms with Crippen LogP contribution < -0.4 is 34.7 Å². The molecule has 3 heterocycles. The number of amides is 1. The van der Waals surface area contributed by atoms with E-state index in [0.29, 0.717) is 97.0 Å². The van der Waals surface area contributed by atoms with Gasteiger partial charge in [0.15, 0.2) is 5.60 Å². The highest BCUT2D eigenvalue weighted by molar-refractivity contribution is 7.13. The molecule has 0 unspecified atom stereocenters. The molecule has 0 aliphatic rings. The van der Waals surface area contributed by atoms with Crippen molar-refractivity contribution in [2.75, 3.05) is 13.7 Å². The summed E-state index contributed by atoms with van der Waals surface area (Å²) in [5, 5.41) is 47.0. The summed E-state index contributed by atoms with van der Waals surface area (Å²) in [7, 11) is 1.48. The Kier molecular flexibility index (Phi) is 36.7. The Labute approximate surface area is 712 Å². The van der Waals surface area contributed by atoms with Crippen molar-refractivity contribution >= 4 is 75.9 Å². The Morgan fingerprint density at radius 1 is 0.605 bits per heavy atom. The molecule has 21 nitrogen and oxygen atoms in total. The average molecular weight is 1700 g/mol. The van der Waals surface area contributed by atoms with Crippen LogP contribution in [0.1, 0.15) is 165 Å². The van der Waals surface area contributed by atoms with Gasteiger partial charge in [-0.05, 0) is 228 Å². The number of carboxylic acid groups (broad SMARTS) is 4. The Bertz CT molecular complexity index is 5030. The molecule has 0 fully saturated rings. The van der Waals surface area contributed by atoms with Gasteiger partial charge in [-0.25, -0.2) is 33.2 Å². The zero-order valence-electron chi connectivity index (χ0n) is 67.9. The number of rotatable bonds is 41. The number of carbonyl (C=O) groups excluding carboxylic acids is 1. The van der Waals surface area contributed by atoms with Gasteiger partial charge in [0.05, 0.1) is 42.3 Å². The first-order chi connectivity index (χ1) is 57.0. The fourth-order valence-corrected chi connectivity index (χ4v) is 13.3. The quantitative estimate of drug-likeness (QED) is 0.0153. The minimum Gasteiger partial charge on any atom is -0.496 e. The van der Waals surface area contributed by atoms with Crippen molar-refractivity contribution in [3.8, 4) is 45.3 Å². The molecular formula is C93H103Cl3FN5O16S. The number of aromatic amines is 1. The Hall–Kier alpha value is -11.2. The minimum absolute atomic E-state index is 0.201. The van der Waals surface area contributed by atoms with Gasteiger partial charge in [-0.3, -0.25) is 14.6 Å². The molecule has 0 spiro atoms. The molecule has 0 saturated carbocycles. The topological polar surface area (TPSA) is 301 Å². The fourth-order valence-electron chi connectivity index (χ4n) is 12.3. The Morgan fingerprint density at radius 3 is 1.76 bits per heavy atom. The zero-order valence-corrected chi connectivity index (χ0v) is 71.0. The normalized spacial score (nSPS) is 11.9. The molecule has 0 bridgehead atoms. The van der Waals surface area contributed by atoms with Gasteiger partial charge < -0.3 is 53.8 Å². The number of hydrogen-bond donors (Lipinski definition) is 6. The van der Waals surface area contributed by atoms with Crippen molar-refractivity contribution < 1.29 is 76.9 Å². The predicted octanol–water partition coefficient (Wildman–Crippen LogP) is 21.0. The molecule has 0 aliphatic carbocycles. The number of ether oxygens (including phenoxy) is 5. The molecule has 26 heteroatoms. The standard InChI is InChI=1S/C26H26FNO5.C26H25NO5S.C23H27N3O4.C18H25Cl3O2/c1-3-19(26(30)31)14-18-6-13-24(32-2)23(15-18)25(29)28-16-17-4-9-21(10-5-17)33-22-11-7-20(27)8-12-22;1-18-22(27-24(31-18)23-9-6-16-33-23)14-15-30-20-12-10-19(11-13-20)17-26(2,25(28)29)32-21-7-4-3-5-8-21;1-16-7-9-18(10-8-16)15-26-22(29)24-20(25-26)6-4-5-17-11-13-19(14-12-17)30-23(2,3)21(27)28;19-16-12-10-15(11-13-16)9-7-5-3-1-2-4-6-8-14-18(20,21)17(22)23/h4-13,15,19H,3,14,16H2,1-2H3,(H,28,29)(H,30,31);3-13,16H,14-15,17H2,1-2H3,(H,28,29);7-14H,4-6,15H2,1-3H3,(H,27,28)(H,24,25,29);10-13H,1-9,14H2,(H,22,23)/t19-;26-;;/m00../s1. The van der Waals surface area contributed by atoms with Crippen molar-refractivity contribution in [2.45, 2.75) is 179 Å². The number of carboxylic acids is 4. The lowest BCUT2D eigenvalue weighted by atomic mass is 9.95. The van der Waals surface area contributed by atoms with Gasteiger partial charge >= 0.3 is 29.6 Å². The summed E-state index contributed by atoms with van der Waals surface area (Å²) < 4.78 is 46.8. The predicted molar refractivity (Wildman–Crippen MR) is 462 cm³/mol. The average Bonchev–Trinajstić information content (AvgIpc) is 1.67. The molecule has 630 valence electrons. The lowest BCUT2D eigenvalue weighted by molar-refractivity contribution is -0.154. The molecule has 6 N–H and O–H groups in total. The minimum atomic E-state index is -1.62. The SMILES string of the molecule is CC[C@@H](Cc1ccc(OC)c(C(=O)NCc2ccc(Oc3ccc(F)cc3)cc2)c1)C(=O)O.Cc1ccc(Cn2nc(CCCc3ccc(OC(C)(C)C(=O)O)cc3)[nH]c2=O)cc1.Cc1oc(-c2cccs2)nc1CCOc1ccc(C[C@](C)(Oc2ccccc2)C(=O)O)cc1.O=C(O)C(Cl)(Cl)CCCCCCCCCCc1ccc(Cl)cc1. The summed E-state index contributed by atoms with van der Waals surface area (Å²) in [5.74, 6) is 0.204. The van der Waals surface area contributed by atoms with E-state index in [4.69, 9.17) is 73.1 Å². The molecule has 1 amide bonds. The third-order valence-electron chi connectivity index (χ3n) is 19.3. The number of benzene rings is 8. The van der Waals surface area contributed by atoms with Gasteiger partial charge in [0.25, 0.3) is 5.91 Å². The number of oxazole rings is 1. The Balaban J connectivity index is 0.000000199. The zero-order chi connectivity index (χ0) is 85.9. The number of halogens is 4. The van der Waals surface area contributed by atoms with E-state index in [1.54, 1.807) is 85.0 Å². The third kappa shape index (κ3) is 31.5. The number of unbranched alkanes of at least 4 members (excludes halogenated alkanes) is 7. The fraction of sp³-hybridized carbons (Fsp3) is 0.333. The second-order valence-corrected chi connectivity index (χ2v) is 32.2. The number of alkyl halides is 2. The molecule has 3 aromatic heterocycles.